The summed E-state index contributed by atoms with van der Waals surface area (Å²) >= 11 is 6.08. The van der Waals surface area contributed by atoms with Crippen LogP contribution in [0.15, 0.2) is 24.3 Å². The Balaban J connectivity index is 2.24. The van der Waals surface area contributed by atoms with Crippen molar-refractivity contribution in [2.75, 3.05) is 26.3 Å². The molecule has 1 aromatic rings. The van der Waals surface area contributed by atoms with Crippen molar-refractivity contribution in [1.82, 2.24) is 10.3 Å². The molecule has 1 fully saturated rings. The smallest absolute Gasteiger partial charge is 0.0639 e. The van der Waals surface area contributed by atoms with Crippen LogP contribution in [0.25, 0.3) is 0 Å². The molecule has 0 radical (unpaired) electrons. The quantitative estimate of drug-likeness (QED) is 0.655. The van der Waals surface area contributed by atoms with E-state index in [2.05, 4.69) is 30.2 Å². The lowest BCUT2D eigenvalue weighted by molar-refractivity contribution is -0.0238. The van der Waals surface area contributed by atoms with Crippen molar-refractivity contribution >= 4 is 11.6 Å². The van der Waals surface area contributed by atoms with E-state index >= 15 is 0 Å². The minimum atomic E-state index is -0.108. The number of nitrogens with two attached hydrogens (primary N) is 1. The molecule has 19 heavy (non-hydrogen) atoms. The fourth-order valence-corrected chi connectivity index (χ4v) is 2.92. The molecule has 1 aliphatic heterocycles. The zero-order valence-electron chi connectivity index (χ0n) is 11.5. The summed E-state index contributed by atoms with van der Waals surface area (Å²) in [6, 6.07) is 7.87. The van der Waals surface area contributed by atoms with Crippen LogP contribution < -0.4 is 11.3 Å². The van der Waals surface area contributed by atoms with Crippen LogP contribution in [0.2, 0.25) is 5.02 Å². The first-order chi connectivity index (χ1) is 9.05. The van der Waals surface area contributed by atoms with Crippen molar-refractivity contribution in [3.05, 3.63) is 34.9 Å². The van der Waals surface area contributed by atoms with Crippen LogP contribution in [-0.2, 0) is 4.74 Å². The van der Waals surface area contributed by atoms with E-state index in [9.17, 15) is 0 Å². The van der Waals surface area contributed by atoms with Gasteiger partial charge >= 0.3 is 0 Å². The molecule has 5 heteroatoms. The fraction of sp³-hybridized carbons (Fsp3) is 0.571. The summed E-state index contributed by atoms with van der Waals surface area (Å²) in [5, 5.41) is 0.732. The van der Waals surface area contributed by atoms with Gasteiger partial charge in [0.1, 0.15) is 0 Å². The summed E-state index contributed by atoms with van der Waals surface area (Å²) in [5.74, 6) is 5.80. The van der Waals surface area contributed by atoms with Crippen molar-refractivity contribution in [2.45, 2.75) is 25.4 Å². The molecular formula is C14H22ClN3O. The van der Waals surface area contributed by atoms with E-state index in [1.54, 1.807) is 0 Å². The summed E-state index contributed by atoms with van der Waals surface area (Å²) in [4.78, 5) is 2.40. The maximum atomic E-state index is 6.08. The van der Waals surface area contributed by atoms with Gasteiger partial charge in [0.2, 0.25) is 0 Å². The molecule has 1 heterocycles. The number of benzene rings is 1. The summed E-state index contributed by atoms with van der Waals surface area (Å²) in [6.07, 6.45) is 0. The fourth-order valence-electron chi connectivity index (χ4n) is 2.72. The number of hydrogen-bond acceptors (Lipinski definition) is 4. The van der Waals surface area contributed by atoms with Crippen molar-refractivity contribution in [2.24, 2.45) is 5.84 Å². The molecular weight excluding hydrogens is 262 g/mol. The van der Waals surface area contributed by atoms with Gasteiger partial charge in [-0.3, -0.25) is 16.2 Å². The number of nitrogens with zero attached hydrogens (tertiary/aromatic N) is 1. The molecule has 1 unspecified atom stereocenters. The minimum absolute atomic E-state index is 0.0179. The number of ether oxygens (including phenoxy) is 1. The van der Waals surface area contributed by atoms with E-state index < -0.39 is 0 Å². The number of rotatable bonds is 4. The normalized spacial score (nSPS) is 19.4. The molecule has 1 aliphatic rings. The molecule has 0 bridgehead atoms. The number of halogens is 1. The van der Waals surface area contributed by atoms with Gasteiger partial charge in [0.15, 0.2) is 0 Å². The molecule has 0 spiro atoms. The zero-order valence-corrected chi connectivity index (χ0v) is 12.3. The van der Waals surface area contributed by atoms with Crippen LogP contribution in [0.3, 0.4) is 0 Å². The van der Waals surface area contributed by atoms with Crippen LogP contribution in [0.5, 0.6) is 0 Å². The van der Waals surface area contributed by atoms with Gasteiger partial charge in [-0.05, 0) is 31.5 Å². The predicted octanol–water partition coefficient (Wildman–Crippen LogP) is 1.96. The van der Waals surface area contributed by atoms with Gasteiger partial charge in [-0.15, -0.1) is 0 Å². The third-order valence-corrected chi connectivity index (χ3v) is 4.12. The Hall–Kier alpha value is -0.650. The van der Waals surface area contributed by atoms with E-state index in [1.807, 2.05) is 18.2 Å². The maximum Gasteiger partial charge on any atom is 0.0639 e. The summed E-state index contributed by atoms with van der Waals surface area (Å²) in [6.45, 7) is 7.79. The topological polar surface area (TPSA) is 50.5 Å². The highest BCUT2D eigenvalue weighted by Gasteiger charge is 2.36. The molecule has 0 aliphatic carbocycles. The Morgan fingerprint density at radius 1 is 1.37 bits per heavy atom. The second-order valence-corrected chi connectivity index (χ2v) is 5.84. The Morgan fingerprint density at radius 3 is 2.63 bits per heavy atom. The molecule has 4 nitrogen and oxygen atoms in total. The summed E-state index contributed by atoms with van der Waals surface area (Å²) < 4.78 is 5.42. The third kappa shape index (κ3) is 3.27. The summed E-state index contributed by atoms with van der Waals surface area (Å²) in [7, 11) is 0. The lowest BCUT2D eigenvalue weighted by Crippen LogP contribution is -2.57. The highest BCUT2D eigenvalue weighted by Crippen LogP contribution is 2.32. The highest BCUT2D eigenvalue weighted by atomic mass is 35.5. The van der Waals surface area contributed by atoms with Crippen LogP contribution in [0.4, 0.5) is 0 Å². The summed E-state index contributed by atoms with van der Waals surface area (Å²) in [5.41, 5.74) is 3.94. The first-order valence-electron chi connectivity index (χ1n) is 6.60. The Labute approximate surface area is 119 Å². The van der Waals surface area contributed by atoms with Gasteiger partial charge in [-0.2, -0.15) is 0 Å². The van der Waals surface area contributed by atoms with Gasteiger partial charge in [0.05, 0.1) is 19.3 Å². The van der Waals surface area contributed by atoms with Gasteiger partial charge in [0, 0.05) is 23.7 Å². The van der Waals surface area contributed by atoms with Gasteiger partial charge in [-0.25, -0.2) is 0 Å². The van der Waals surface area contributed by atoms with Gasteiger partial charge in [-0.1, -0.05) is 23.7 Å². The molecule has 1 saturated heterocycles. The first kappa shape index (κ1) is 14.8. The molecule has 1 aromatic carbocycles. The van der Waals surface area contributed by atoms with E-state index in [1.165, 1.54) is 0 Å². The SMILES string of the molecule is CC(C)(C(NN)c1cccc(Cl)c1)N1CCOCC1. The number of hydrazine groups is 1. The van der Waals surface area contributed by atoms with Gasteiger partial charge in [0.25, 0.3) is 0 Å². The third-order valence-electron chi connectivity index (χ3n) is 3.88. The highest BCUT2D eigenvalue weighted by molar-refractivity contribution is 6.30. The maximum absolute atomic E-state index is 6.08. The lowest BCUT2D eigenvalue weighted by atomic mass is 9.87. The zero-order chi connectivity index (χ0) is 13.9. The van der Waals surface area contributed by atoms with Crippen LogP contribution >= 0.6 is 11.6 Å². The molecule has 0 aromatic heterocycles. The second-order valence-electron chi connectivity index (χ2n) is 5.41. The average Bonchev–Trinajstić information content (AvgIpc) is 2.40. The van der Waals surface area contributed by atoms with Crippen molar-refractivity contribution < 1.29 is 4.74 Å². The van der Waals surface area contributed by atoms with Crippen molar-refractivity contribution in [1.29, 1.82) is 0 Å². The van der Waals surface area contributed by atoms with Gasteiger partial charge < -0.3 is 4.74 Å². The first-order valence-corrected chi connectivity index (χ1v) is 6.98. The Kier molecular flexibility index (Phi) is 4.81. The van der Waals surface area contributed by atoms with Crippen LogP contribution in [0.1, 0.15) is 25.5 Å². The standard InChI is InChI=1S/C14H22ClN3O/c1-14(2,18-6-8-19-9-7-18)13(17-16)11-4-3-5-12(15)10-11/h3-5,10,13,17H,6-9,16H2,1-2H3. The van der Waals surface area contributed by atoms with Crippen molar-refractivity contribution in [3.8, 4) is 0 Å². The number of morpholine rings is 1. The molecule has 106 valence electrons. The second kappa shape index (κ2) is 6.20. The molecule has 2 rings (SSSR count). The average molecular weight is 284 g/mol. The Bertz CT molecular complexity index is 419. The molecule has 0 amide bonds. The monoisotopic (exact) mass is 283 g/mol. The van der Waals surface area contributed by atoms with Crippen molar-refractivity contribution in [3.63, 3.8) is 0 Å². The van der Waals surface area contributed by atoms with E-state index in [0.29, 0.717) is 0 Å². The van der Waals surface area contributed by atoms with E-state index in [0.717, 1.165) is 36.9 Å². The van der Waals surface area contributed by atoms with Crippen LogP contribution in [-0.4, -0.2) is 36.7 Å². The van der Waals surface area contributed by atoms with Crippen LogP contribution in [0, 0.1) is 0 Å². The largest absolute Gasteiger partial charge is 0.379 e. The minimum Gasteiger partial charge on any atom is -0.379 e. The van der Waals surface area contributed by atoms with E-state index in [4.69, 9.17) is 22.2 Å². The molecule has 1 atom stereocenters. The number of nitrogens with one attached hydrogen (secondary N) is 1. The van der Waals surface area contributed by atoms with E-state index in [-0.39, 0.29) is 11.6 Å². The Morgan fingerprint density at radius 2 is 2.05 bits per heavy atom. The lowest BCUT2D eigenvalue weighted by Gasteiger charge is -2.45. The predicted molar refractivity (Wildman–Crippen MR) is 78.0 cm³/mol. The molecule has 0 saturated carbocycles. The molecule has 3 N–H and O–H groups in total. The number of hydrogen-bond donors (Lipinski definition) is 2.